The van der Waals surface area contributed by atoms with E-state index < -0.39 is 11.2 Å². The number of benzene rings is 1. The lowest BCUT2D eigenvalue weighted by Crippen LogP contribution is -2.43. The number of hydrogen-bond donors (Lipinski definition) is 3. The van der Waals surface area contributed by atoms with Gasteiger partial charge in [0.05, 0.1) is 6.61 Å². The van der Waals surface area contributed by atoms with Crippen LogP contribution in [0.2, 0.25) is 0 Å². The molecule has 1 heterocycles. The summed E-state index contributed by atoms with van der Waals surface area (Å²) in [5, 5.41) is 2.76. The highest BCUT2D eigenvalue weighted by Gasteiger charge is 2.24. The van der Waals surface area contributed by atoms with E-state index in [0.717, 1.165) is 0 Å². The van der Waals surface area contributed by atoms with E-state index in [9.17, 15) is 19.2 Å². The van der Waals surface area contributed by atoms with Crippen LogP contribution < -0.4 is 27.2 Å². The molecule has 1 aromatic carbocycles. The molecule has 32 heavy (non-hydrogen) atoms. The Kier molecular flexibility index (Phi) is 9.21. The minimum absolute atomic E-state index is 0.0608. The normalized spacial score (nSPS) is 10.9. The van der Waals surface area contributed by atoms with Crippen LogP contribution in [0.25, 0.3) is 0 Å². The summed E-state index contributed by atoms with van der Waals surface area (Å²) in [6.45, 7) is 4.68. The summed E-state index contributed by atoms with van der Waals surface area (Å²) < 4.78 is 6.33. The van der Waals surface area contributed by atoms with Crippen molar-refractivity contribution >= 4 is 23.3 Å². The predicted molar refractivity (Wildman–Crippen MR) is 123 cm³/mol. The second kappa shape index (κ2) is 11.8. The SMILES string of the molecule is COCCN(C(=O)CCCNC(=O)c1ccccc1)c1c(N)n(CC(C)C)c(=O)[nH]c1=O. The molecule has 0 aliphatic carbocycles. The van der Waals surface area contributed by atoms with Crippen LogP contribution in [-0.2, 0) is 16.1 Å². The Balaban J connectivity index is 2.14. The average Bonchev–Trinajstić information content (AvgIpc) is 2.76. The predicted octanol–water partition coefficient (Wildman–Crippen LogP) is 0.964. The number of amides is 2. The fraction of sp³-hybridized carbons (Fsp3) is 0.455. The number of nitrogens with two attached hydrogens (primary N) is 1. The lowest BCUT2D eigenvalue weighted by atomic mass is 10.2. The highest BCUT2D eigenvalue weighted by molar-refractivity contribution is 5.96. The standard InChI is InChI=1S/C22H31N5O5/c1-15(2)14-27-19(23)18(21(30)25-22(27)31)26(12-13-32-3)17(28)10-7-11-24-20(29)16-8-5-4-6-9-16/h4-6,8-9,15H,7,10-14,23H2,1-3H3,(H,24,29)(H,25,30,31). The number of nitrogens with zero attached hydrogens (tertiary/aromatic N) is 2. The van der Waals surface area contributed by atoms with E-state index in [1.807, 2.05) is 19.9 Å². The van der Waals surface area contributed by atoms with Gasteiger partial charge in [-0.2, -0.15) is 0 Å². The summed E-state index contributed by atoms with van der Waals surface area (Å²) in [7, 11) is 1.48. The van der Waals surface area contributed by atoms with Crippen LogP contribution in [0.5, 0.6) is 0 Å². The Morgan fingerprint density at radius 3 is 2.53 bits per heavy atom. The molecule has 2 amide bonds. The molecule has 0 spiro atoms. The van der Waals surface area contributed by atoms with Gasteiger partial charge in [-0.15, -0.1) is 0 Å². The molecule has 174 valence electrons. The van der Waals surface area contributed by atoms with Gasteiger partial charge in [0, 0.05) is 38.7 Å². The van der Waals surface area contributed by atoms with Crippen molar-refractivity contribution in [1.82, 2.24) is 14.9 Å². The first kappa shape index (κ1) is 24.9. The van der Waals surface area contributed by atoms with Gasteiger partial charge in [0.1, 0.15) is 5.82 Å². The van der Waals surface area contributed by atoms with Gasteiger partial charge in [0.25, 0.3) is 11.5 Å². The van der Waals surface area contributed by atoms with Crippen molar-refractivity contribution in [3.05, 3.63) is 56.7 Å². The number of aromatic amines is 1. The molecule has 0 saturated heterocycles. The molecular formula is C22H31N5O5. The summed E-state index contributed by atoms with van der Waals surface area (Å²) in [4.78, 5) is 53.3. The molecular weight excluding hydrogens is 414 g/mol. The van der Waals surface area contributed by atoms with Crippen LogP contribution in [0.1, 0.15) is 37.0 Å². The molecule has 0 aliphatic rings. The second-order valence-electron chi connectivity index (χ2n) is 7.76. The summed E-state index contributed by atoms with van der Waals surface area (Å²) in [6.07, 6.45) is 0.436. The maximum Gasteiger partial charge on any atom is 0.330 e. The first-order valence-corrected chi connectivity index (χ1v) is 10.5. The number of hydrogen-bond acceptors (Lipinski definition) is 6. The fourth-order valence-corrected chi connectivity index (χ4v) is 3.20. The molecule has 10 nitrogen and oxygen atoms in total. The van der Waals surface area contributed by atoms with Gasteiger partial charge in [-0.3, -0.25) is 23.9 Å². The molecule has 4 N–H and O–H groups in total. The lowest BCUT2D eigenvalue weighted by Gasteiger charge is -2.24. The Morgan fingerprint density at radius 1 is 1.22 bits per heavy atom. The van der Waals surface area contributed by atoms with Gasteiger partial charge in [-0.1, -0.05) is 32.0 Å². The molecule has 2 rings (SSSR count). The van der Waals surface area contributed by atoms with E-state index in [4.69, 9.17) is 10.5 Å². The van der Waals surface area contributed by atoms with E-state index in [0.29, 0.717) is 18.5 Å². The van der Waals surface area contributed by atoms with E-state index in [-0.39, 0.29) is 55.4 Å². The number of carbonyl (C=O) groups excluding carboxylic acids is 2. The number of H-pyrrole nitrogens is 1. The highest BCUT2D eigenvalue weighted by atomic mass is 16.5. The Hall–Kier alpha value is -3.40. The van der Waals surface area contributed by atoms with E-state index in [2.05, 4.69) is 10.3 Å². The number of ether oxygens (including phenoxy) is 1. The molecule has 0 radical (unpaired) electrons. The number of aromatic nitrogens is 2. The van der Waals surface area contributed by atoms with Crippen LogP contribution >= 0.6 is 0 Å². The zero-order chi connectivity index (χ0) is 23.7. The van der Waals surface area contributed by atoms with Crippen molar-refractivity contribution in [3.63, 3.8) is 0 Å². The van der Waals surface area contributed by atoms with E-state index >= 15 is 0 Å². The molecule has 0 aliphatic heterocycles. The van der Waals surface area contributed by atoms with Crippen molar-refractivity contribution in [1.29, 1.82) is 0 Å². The summed E-state index contributed by atoms with van der Waals surface area (Å²) in [6, 6.07) is 8.77. The van der Waals surface area contributed by atoms with Crippen molar-refractivity contribution < 1.29 is 14.3 Å². The average molecular weight is 446 g/mol. The first-order valence-electron chi connectivity index (χ1n) is 10.5. The third kappa shape index (κ3) is 6.55. The summed E-state index contributed by atoms with van der Waals surface area (Å²) in [5.41, 5.74) is 5.27. The van der Waals surface area contributed by atoms with Crippen molar-refractivity contribution in [2.45, 2.75) is 33.2 Å². The topological polar surface area (TPSA) is 140 Å². The van der Waals surface area contributed by atoms with Gasteiger partial charge in [-0.05, 0) is 24.5 Å². The fourth-order valence-electron chi connectivity index (χ4n) is 3.20. The van der Waals surface area contributed by atoms with Crippen LogP contribution in [0.15, 0.2) is 39.9 Å². The number of anilines is 2. The van der Waals surface area contributed by atoms with Crippen LogP contribution in [0, 0.1) is 5.92 Å². The van der Waals surface area contributed by atoms with Crippen molar-refractivity contribution in [2.75, 3.05) is 37.4 Å². The smallest absolute Gasteiger partial charge is 0.330 e. The molecule has 0 saturated carbocycles. The maximum absolute atomic E-state index is 12.9. The number of nitrogen functional groups attached to an aromatic ring is 1. The number of carbonyl (C=O) groups is 2. The van der Waals surface area contributed by atoms with Crippen LogP contribution in [0.4, 0.5) is 11.5 Å². The molecule has 1 aromatic heterocycles. The Bertz CT molecular complexity index is 1030. The maximum atomic E-state index is 12.9. The van der Waals surface area contributed by atoms with Crippen molar-refractivity contribution in [2.24, 2.45) is 5.92 Å². The van der Waals surface area contributed by atoms with Gasteiger partial charge in [0.2, 0.25) is 5.91 Å². The monoisotopic (exact) mass is 445 g/mol. The van der Waals surface area contributed by atoms with Gasteiger partial charge in [-0.25, -0.2) is 4.79 Å². The Labute approximate surface area is 186 Å². The van der Waals surface area contributed by atoms with Crippen molar-refractivity contribution in [3.8, 4) is 0 Å². The highest BCUT2D eigenvalue weighted by Crippen LogP contribution is 2.19. The number of rotatable bonds is 11. The zero-order valence-corrected chi connectivity index (χ0v) is 18.7. The minimum Gasteiger partial charge on any atom is -0.383 e. The quantitative estimate of drug-likeness (QED) is 0.440. The second-order valence-corrected chi connectivity index (χ2v) is 7.76. The first-order chi connectivity index (χ1) is 15.3. The summed E-state index contributed by atoms with van der Waals surface area (Å²) in [5.74, 6) is -0.543. The molecule has 10 heteroatoms. The number of nitrogens with one attached hydrogen (secondary N) is 2. The molecule has 2 aromatic rings. The molecule has 0 atom stereocenters. The number of methoxy groups -OCH3 is 1. The minimum atomic E-state index is -0.727. The lowest BCUT2D eigenvalue weighted by molar-refractivity contribution is -0.118. The largest absolute Gasteiger partial charge is 0.383 e. The van der Waals surface area contributed by atoms with Crippen LogP contribution in [0.3, 0.4) is 0 Å². The third-order valence-corrected chi connectivity index (χ3v) is 4.74. The summed E-state index contributed by atoms with van der Waals surface area (Å²) >= 11 is 0. The van der Waals surface area contributed by atoms with E-state index in [1.165, 1.54) is 16.6 Å². The van der Waals surface area contributed by atoms with Gasteiger partial charge >= 0.3 is 5.69 Å². The van der Waals surface area contributed by atoms with Crippen LogP contribution in [-0.4, -0.2) is 48.2 Å². The molecule has 0 bridgehead atoms. The van der Waals surface area contributed by atoms with E-state index in [1.54, 1.807) is 24.3 Å². The Morgan fingerprint density at radius 2 is 1.91 bits per heavy atom. The third-order valence-electron chi connectivity index (χ3n) is 4.74. The molecule has 0 unspecified atom stereocenters. The molecule has 0 fully saturated rings. The van der Waals surface area contributed by atoms with Gasteiger partial charge in [0.15, 0.2) is 5.69 Å². The zero-order valence-electron chi connectivity index (χ0n) is 18.7. The van der Waals surface area contributed by atoms with Gasteiger partial charge < -0.3 is 20.7 Å².